The number of sulfonamides is 1. The summed E-state index contributed by atoms with van der Waals surface area (Å²) in [7, 11) is -2.41. The van der Waals surface area contributed by atoms with E-state index in [0.717, 1.165) is 18.2 Å². The van der Waals surface area contributed by atoms with E-state index in [-0.39, 0.29) is 28.4 Å². The first kappa shape index (κ1) is 21.3. The van der Waals surface area contributed by atoms with E-state index in [0.29, 0.717) is 0 Å². The molecule has 0 saturated heterocycles. The number of halogens is 3. The number of nitrogens with one attached hydrogen (secondary N) is 1. The first-order valence-electron chi connectivity index (χ1n) is 8.08. The number of hydrogen-bond donors (Lipinski definition) is 1. The Balaban J connectivity index is 1.99. The van der Waals surface area contributed by atoms with Crippen molar-refractivity contribution in [3.05, 3.63) is 64.7 Å². The van der Waals surface area contributed by atoms with Crippen LogP contribution in [0.5, 0.6) is 0 Å². The standard InChI is InChI=1S/C18H19ClF2N2O3S/c1-12(14-11-13(20)7-8-16(14)21)23(2)18(24)9-10-22-27(25,26)17-6-4-3-5-15(17)19/h3-8,11-12,22H,9-10H2,1-2H3. The van der Waals surface area contributed by atoms with Crippen LogP contribution in [0.4, 0.5) is 8.78 Å². The van der Waals surface area contributed by atoms with Crippen molar-refractivity contribution in [3.63, 3.8) is 0 Å². The Labute approximate surface area is 162 Å². The quantitative estimate of drug-likeness (QED) is 0.751. The predicted octanol–water partition coefficient (Wildman–Crippen LogP) is 3.51. The molecule has 2 aromatic rings. The molecule has 0 aliphatic carbocycles. The molecule has 0 radical (unpaired) electrons. The Kier molecular flexibility index (Phi) is 6.91. The molecule has 0 aliphatic heterocycles. The Morgan fingerprint density at radius 3 is 2.56 bits per heavy atom. The van der Waals surface area contributed by atoms with Gasteiger partial charge in [-0.15, -0.1) is 0 Å². The number of benzene rings is 2. The number of carbonyl (C=O) groups excluding carboxylic acids is 1. The van der Waals surface area contributed by atoms with Crippen molar-refractivity contribution in [2.75, 3.05) is 13.6 Å². The van der Waals surface area contributed by atoms with Crippen LogP contribution in [0.3, 0.4) is 0 Å². The zero-order chi connectivity index (χ0) is 20.2. The molecule has 9 heteroatoms. The molecular formula is C18H19ClF2N2O3S. The average molecular weight is 417 g/mol. The van der Waals surface area contributed by atoms with Gasteiger partial charge >= 0.3 is 0 Å². The lowest BCUT2D eigenvalue weighted by atomic mass is 10.1. The number of rotatable bonds is 7. The monoisotopic (exact) mass is 416 g/mol. The van der Waals surface area contributed by atoms with Crippen LogP contribution in [0.25, 0.3) is 0 Å². The van der Waals surface area contributed by atoms with E-state index in [1.54, 1.807) is 13.0 Å². The topological polar surface area (TPSA) is 66.5 Å². The number of amides is 1. The minimum atomic E-state index is -3.86. The highest BCUT2D eigenvalue weighted by molar-refractivity contribution is 7.89. The SMILES string of the molecule is CC(c1cc(F)ccc1F)N(C)C(=O)CCNS(=O)(=O)c1ccccc1Cl. The van der Waals surface area contributed by atoms with Gasteiger partial charge in [-0.1, -0.05) is 23.7 Å². The van der Waals surface area contributed by atoms with Gasteiger partial charge in [0.05, 0.1) is 11.1 Å². The summed E-state index contributed by atoms with van der Waals surface area (Å²) in [6.07, 6.45) is -0.151. The van der Waals surface area contributed by atoms with Crippen molar-refractivity contribution in [2.45, 2.75) is 24.3 Å². The van der Waals surface area contributed by atoms with Gasteiger partial charge in [0.15, 0.2) is 0 Å². The van der Waals surface area contributed by atoms with E-state index in [2.05, 4.69) is 4.72 Å². The highest BCUT2D eigenvalue weighted by Crippen LogP contribution is 2.23. The van der Waals surface area contributed by atoms with Crippen LogP contribution in [0, 0.1) is 11.6 Å². The summed E-state index contributed by atoms with van der Waals surface area (Å²) in [5, 5.41) is 0.0728. The molecule has 0 spiro atoms. The summed E-state index contributed by atoms with van der Waals surface area (Å²) in [6, 6.07) is 8.25. The third-order valence-corrected chi connectivity index (χ3v) is 6.10. The van der Waals surface area contributed by atoms with Crippen LogP contribution >= 0.6 is 11.6 Å². The van der Waals surface area contributed by atoms with E-state index in [9.17, 15) is 22.0 Å². The molecule has 0 saturated carbocycles. The Bertz CT molecular complexity index is 938. The van der Waals surface area contributed by atoms with Gasteiger partial charge in [-0.05, 0) is 37.3 Å². The predicted molar refractivity (Wildman–Crippen MR) is 98.8 cm³/mol. The zero-order valence-corrected chi connectivity index (χ0v) is 16.3. The number of carbonyl (C=O) groups is 1. The van der Waals surface area contributed by atoms with Crippen LogP contribution in [0.15, 0.2) is 47.4 Å². The molecule has 2 aromatic carbocycles. The van der Waals surface area contributed by atoms with Gasteiger partial charge in [0.1, 0.15) is 16.5 Å². The largest absolute Gasteiger partial charge is 0.339 e. The number of hydrogen-bond acceptors (Lipinski definition) is 3. The first-order valence-corrected chi connectivity index (χ1v) is 9.94. The van der Waals surface area contributed by atoms with Gasteiger partial charge in [0.25, 0.3) is 0 Å². The van der Waals surface area contributed by atoms with E-state index in [4.69, 9.17) is 11.6 Å². The molecule has 0 aliphatic rings. The Hall–Kier alpha value is -2.03. The lowest BCUT2D eigenvalue weighted by Crippen LogP contribution is -2.34. The summed E-state index contributed by atoms with van der Waals surface area (Å²) in [5.41, 5.74) is 0.0440. The molecule has 0 bridgehead atoms. The lowest BCUT2D eigenvalue weighted by Gasteiger charge is -2.26. The molecule has 146 valence electrons. The minimum Gasteiger partial charge on any atom is -0.339 e. The summed E-state index contributed by atoms with van der Waals surface area (Å²) in [4.78, 5) is 13.4. The molecule has 5 nitrogen and oxygen atoms in total. The van der Waals surface area contributed by atoms with E-state index < -0.39 is 33.6 Å². The second-order valence-electron chi connectivity index (χ2n) is 5.92. The van der Waals surface area contributed by atoms with Crippen molar-refractivity contribution >= 4 is 27.5 Å². The Morgan fingerprint density at radius 2 is 1.89 bits per heavy atom. The average Bonchev–Trinajstić information content (AvgIpc) is 2.62. The second kappa shape index (κ2) is 8.77. The Morgan fingerprint density at radius 1 is 1.22 bits per heavy atom. The molecular weight excluding hydrogens is 398 g/mol. The molecule has 0 heterocycles. The van der Waals surface area contributed by atoms with Crippen molar-refractivity contribution in [2.24, 2.45) is 0 Å². The van der Waals surface area contributed by atoms with Gasteiger partial charge < -0.3 is 4.90 Å². The third kappa shape index (κ3) is 5.24. The second-order valence-corrected chi connectivity index (χ2v) is 8.07. The first-order chi connectivity index (χ1) is 12.6. The summed E-state index contributed by atoms with van der Waals surface area (Å²) < 4.78 is 54.0. The molecule has 2 rings (SSSR count). The van der Waals surface area contributed by atoms with Crippen molar-refractivity contribution in [1.29, 1.82) is 0 Å². The van der Waals surface area contributed by atoms with Crippen LogP contribution in [0.1, 0.15) is 24.9 Å². The maximum atomic E-state index is 13.9. The van der Waals surface area contributed by atoms with Crippen LogP contribution in [-0.4, -0.2) is 32.8 Å². The van der Waals surface area contributed by atoms with E-state index in [1.807, 2.05) is 0 Å². The molecule has 27 heavy (non-hydrogen) atoms. The molecule has 1 unspecified atom stereocenters. The molecule has 0 fully saturated rings. The molecule has 1 amide bonds. The maximum Gasteiger partial charge on any atom is 0.242 e. The summed E-state index contributed by atoms with van der Waals surface area (Å²) in [5.74, 6) is -1.65. The molecule has 1 atom stereocenters. The van der Waals surface area contributed by atoms with E-state index >= 15 is 0 Å². The van der Waals surface area contributed by atoms with Crippen molar-refractivity contribution in [3.8, 4) is 0 Å². The van der Waals surface area contributed by atoms with Gasteiger partial charge in [-0.3, -0.25) is 4.79 Å². The lowest BCUT2D eigenvalue weighted by molar-refractivity contribution is -0.131. The van der Waals surface area contributed by atoms with Crippen LogP contribution in [-0.2, 0) is 14.8 Å². The number of nitrogens with zero attached hydrogens (tertiary/aromatic N) is 1. The van der Waals surface area contributed by atoms with Gasteiger partial charge in [-0.25, -0.2) is 21.9 Å². The smallest absolute Gasteiger partial charge is 0.242 e. The van der Waals surface area contributed by atoms with Gasteiger partial charge in [-0.2, -0.15) is 0 Å². The van der Waals surface area contributed by atoms with E-state index in [1.165, 1.54) is 30.1 Å². The van der Waals surface area contributed by atoms with Gasteiger partial charge in [0, 0.05) is 25.6 Å². The van der Waals surface area contributed by atoms with Crippen LogP contribution < -0.4 is 4.72 Å². The highest BCUT2D eigenvalue weighted by Gasteiger charge is 2.22. The van der Waals surface area contributed by atoms with Crippen LogP contribution in [0.2, 0.25) is 5.02 Å². The summed E-state index contributed by atoms with van der Waals surface area (Å²) in [6.45, 7) is 1.40. The molecule has 1 N–H and O–H groups in total. The summed E-state index contributed by atoms with van der Waals surface area (Å²) >= 11 is 5.88. The van der Waals surface area contributed by atoms with Gasteiger partial charge in [0.2, 0.25) is 15.9 Å². The maximum absolute atomic E-state index is 13.9. The van der Waals surface area contributed by atoms with Crippen molar-refractivity contribution < 1.29 is 22.0 Å². The zero-order valence-electron chi connectivity index (χ0n) is 14.7. The fourth-order valence-corrected chi connectivity index (χ4v) is 4.02. The fourth-order valence-electron chi connectivity index (χ4n) is 2.47. The highest BCUT2D eigenvalue weighted by atomic mass is 35.5. The minimum absolute atomic E-state index is 0.0440. The molecule has 0 aromatic heterocycles. The van der Waals surface area contributed by atoms with Crippen molar-refractivity contribution in [1.82, 2.24) is 9.62 Å². The fraction of sp³-hybridized carbons (Fsp3) is 0.278. The normalized spacial score (nSPS) is 12.6. The third-order valence-electron chi connectivity index (χ3n) is 4.14.